The van der Waals surface area contributed by atoms with Crippen molar-refractivity contribution in [3.8, 4) is 0 Å². The number of rotatable bonds is 3. The summed E-state index contributed by atoms with van der Waals surface area (Å²) in [6.45, 7) is 0. The molecule has 0 fully saturated rings. The molecule has 1 aromatic rings. The van der Waals surface area contributed by atoms with E-state index in [1.54, 1.807) is 0 Å². The van der Waals surface area contributed by atoms with E-state index in [1.807, 2.05) is 0 Å². The van der Waals surface area contributed by atoms with Crippen molar-refractivity contribution in [1.82, 2.24) is 0 Å². The van der Waals surface area contributed by atoms with Crippen molar-refractivity contribution < 1.29 is 31.3 Å². The normalized spacial score (nSPS) is 12.3. The Labute approximate surface area is 118 Å². The first-order valence-electron chi connectivity index (χ1n) is 5.08. The number of nitrogens with zero attached hydrogens (tertiary/aromatic N) is 1. The summed E-state index contributed by atoms with van der Waals surface area (Å²) in [6, 6.07) is -0.101. The molecule has 0 amide bonds. The molecular weight excluding hydrogens is 326 g/mol. The highest BCUT2D eigenvalue weighted by Crippen LogP contribution is 2.42. The summed E-state index contributed by atoms with van der Waals surface area (Å²) in [5, 5.41) is 10.6. The average Bonchev–Trinajstić information content (AvgIpc) is 2.24. The lowest BCUT2D eigenvalue weighted by Crippen LogP contribution is -2.19. The Hall–Kier alpha value is -1.91. The molecule has 0 saturated heterocycles. The molecule has 0 atom stereocenters. The molecular formula is C10H6F6N2O2S. The maximum Gasteiger partial charge on any atom is 0.423 e. The maximum absolute atomic E-state index is 12.8. The molecule has 116 valence electrons. The number of alkyl halides is 6. The number of nitro benzene ring substituents is 1. The molecule has 4 nitrogen and oxygen atoms in total. The molecule has 0 aliphatic heterocycles. The van der Waals surface area contributed by atoms with Crippen molar-refractivity contribution in [3.05, 3.63) is 38.9 Å². The van der Waals surface area contributed by atoms with Gasteiger partial charge in [0.2, 0.25) is 0 Å². The van der Waals surface area contributed by atoms with E-state index in [-0.39, 0.29) is 12.1 Å². The van der Waals surface area contributed by atoms with Gasteiger partial charge in [0.05, 0.1) is 15.5 Å². The molecule has 0 unspecified atom stereocenters. The third kappa shape index (κ3) is 4.03. The lowest BCUT2D eigenvalue weighted by atomic mass is 9.98. The van der Waals surface area contributed by atoms with Gasteiger partial charge in [-0.3, -0.25) is 10.1 Å². The van der Waals surface area contributed by atoms with E-state index in [0.29, 0.717) is 0 Å². The SMILES string of the molecule is NC(=S)Cc1cc(C(F)(F)F)c([N+](=O)[O-])cc1C(F)(F)F. The van der Waals surface area contributed by atoms with Gasteiger partial charge >= 0.3 is 12.4 Å². The Balaban J connectivity index is 3.70. The Kier molecular flexibility index (Phi) is 4.46. The first-order chi connectivity index (χ1) is 9.34. The first kappa shape index (κ1) is 17.1. The minimum atomic E-state index is -5.18. The highest BCUT2D eigenvalue weighted by molar-refractivity contribution is 7.80. The fraction of sp³-hybridized carbons (Fsp3) is 0.300. The molecule has 21 heavy (non-hydrogen) atoms. The molecule has 0 aromatic heterocycles. The molecule has 1 aromatic carbocycles. The summed E-state index contributed by atoms with van der Waals surface area (Å²) < 4.78 is 76.5. The summed E-state index contributed by atoms with van der Waals surface area (Å²) in [4.78, 5) is 8.57. The number of halogens is 6. The molecule has 1 rings (SSSR count). The third-order valence-corrected chi connectivity index (χ3v) is 2.54. The number of nitro groups is 1. The van der Waals surface area contributed by atoms with Crippen molar-refractivity contribution in [2.24, 2.45) is 5.73 Å². The van der Waals surface area contributed by atoms with Gasteiger partial charge in [0.1, 0.15) is 5.56 Å². The zero-order valence-electron chi connectivity index (χ0n) is 9.88. The lowest BCUT2D eigenvalue weighted by molar-refractivity contribution is -0.388. The summed E-state index contributed by atoms with van der Waals surface area (Å²) in [5.74, 6) is 0. The van der Waals surface area contributed by atoms with Gasteiger partial charge in [0.25, 0.3) is 5.69 Å². The quantitative estimate of drug-likeness (QED) is 0.398. The van der Waals surface area contributed by atoms with Gasteiger partial charge in [-0.15, -0.1) is 0 Å². The third-order valence-electron chi connectivity index (χ3n) is 2.39. The Morgan fingerprint density at radius 3 is 1.95 bits per heavy atom. The summed E-state index contributed by atoms with van der Waals surface area (Å²) in [5.41, 5.74) is -0.864. The van der Waals surface area contributed by atoms with Crippen LogP contribution in [0.1, 0.15) is 16.7 Å². The van der Waals surface area contributed by atoms with Crippen LogP contribution in [0.3, 0.4) is 0 Å². The minimum absolute atomic E-state index is 0.0557. The predicted molar refractivity (Wildman–Crippen MR) is 63.6 cm³/mol. The number of benzene rings is 1. The van der Waals surface area contributed by atoms with Crippen LogP contribution in [0.4, 0.5) is 32.0 Å². The van der Waals surface area contributed by atoms with Gasteiger partial charge in [-0.25, -0.2) is 0 Å². The largest absolute Gasteiger partial charge is 0.423 e. The monoisotopic (exact) mass is 332 g/mol. The minimum Gasteiger partial charge on any atom is -0.393 e. The summed E-state index contributed by atoms with van der Waals surface area (Å²) >= 11 is 4.38. The summed E-state index contributed by atoms with van der Waals surface area (Å²) in [7, 11) is 0. The Bertz CT molecular complexity index is 596. The number of nitrogens with two attached hydrogens (primary N) is 1. The predicted octanol–water partition coefficient (Wildman–Crippen LogP) is 3.46. The van der Waals surface area contributed by atoms with Gasteiger partial charge in [0, 0.05) is 12.5 Å². The van der Waals surface area contributed by atoms with E-state index in [1.165, 1.54) is 0 Å². The topological polar surface area (TPSA) is 69.2 Å². The highest BCUT2D eigenvalue weighted by Gasteiger charge is 2.43. The van der Waals surface area contributed by atoms with Crippen LogP contribution in [-0.2, 0) is 18.8 Å². The van der Waals surface area contributed by atoms with E-state index in [4.69, 9.17) is 5.73 Å². The van der Waals surface area contributed by atoms with Crippen molar-refractivity contribution in [1.29, 1.82) is 0 Å². The van der Waals surface area contributed by atoms with Crippen molar-refractivity contribution >= 4 is 22.9 Å². The van der Waals surface area contributed by atoms with Crippen LogP contribution < -0.4 is 5.73 Å². The standard InChI is InChI=1S/C10H6F6N2O2S/c11-9(12,13)5-3-7(18(19)20)6(10(14,15)16)1-4(5)2-8(17)21/h1,3H,2H2,(H2,17,21). The molecule has 0 saturated carbocycles. The fourth-order valence-electron chi connectivity index (χ4n) is 1.61. The molecule has 0 spiro atoms. The molecule has 0 radical (unpaired) electrons. The second kappa shape index (κ2) is 5.47. The smallest absolute Gasteiger partial charge is 0.393 e. The van der Waals surface area contributed by atoms with Gasteiger partial charge in [-0.05, 0) is 11.6 Å². The fourth-order valence-corrected chi connectivity index (χ4v) is 1.76. The second-order valence-corrected chi connectivity index (χ2v) is 4.45. The molecule has 0 bridgehead atoms. The van der Waals surface area contributed by atoms with E-state index in [9.17, 15) is 36.5 Å². The van der Waals surface area contributed by atoms with Crippen molar-refractivity contribution in [3.63, 3.8) is 0 Å². The van der Waals surface area contributed by atoms with Crippen LogP contribution in [0.2, 0.25) is 0 Å². The van der Waals surface area contributed by atoms with Crippen LogP contribution in [-0.4, -0.2) is 9.91 Å². The lowest BCUT2D eigenvalue weighted by Gasteiger charge is -2.15. The second-order valence-electron chi connectivity index (χ2n) is 3.92. The van der Waals surface area contributed by atoms with E-state index in [0.717, 1.165) is 0 Å². The van der Waals surface area contributed by atoms with Crippen LogP contribution in [0.15, 0.2) is 12.1 Å². The van der Waals surface area contributed by atoms with E-state index in [2.05, 4.69) is 12.2 Å². The molecule has 2 N–H and O–H groups in total. The maximum atomic E-state index is 12.8. The zero-order chi connectivity index (χ0) is 16.6. The van der Waals surface area contributed by atoms with Crippen molar-refractivity contribution in [2.45, 2.75) is 18.8 Å². The van der Waals surface area contributed by atoms with Gasteiger partial charge in [-0.1, -0.05) is 12.2 Å². The average molecular weight is 332 g/mol. The van der Waals surface area contributed by atoms with Gasteiger partial charge in [-0.2, -0.15) is 26.3 Å². The number of hydrogen-bond acceptors (Lipinski definition) is 3. The molecule has 0 aliphatic rings. The highest BCUT2D eigenvalue weighted by atomic mass is 32.1. The van der Waals surface area contributed by atoms with Gasteiger partial charge in [0.15, 0.2) is 0 Å². The first-order valence-corrected chi connectivity index (χ1v) is 5.49. The summed E-state index contributed by atoms with van der Waals surface area (Å²) in [6.07, 6.45) is -11.0. The molecule has 0 heterocycles. The van der Waals surface area contributed by atoms with Crippen LogP contribution in [0, 0.1) is 10.1 Å². The van der Waals surface area contributed by atoms with Crippen LogP contribution >= 0.6 is 12.2 Å². The van der Waals surface area contributed by atoms with Crippen LogP contribution in [0.5, 0.6) is 0 Å². The number of hydrogen-bond donors (Lipinski definition) is 1. The van der Waals surface area contributed by atoms with E-state index >= 15 is 0 Å². The van der Waals surface area contributed by atoms with Crippen molar-refractivity contribution in [2.75, 3.05) is 0 Å². The Morgan fingerprint density at radius 1 is 1.14 bits per heavy atom. The Morgan fingerprint density at radius 2 is 1.62 bits per heavy atom. The molecule has 0 aliphatic carbocycles. The zero-order valence-corrected chi connectivity index (χ0v) is 10.7. The molecule has 11 heteroatoms. The van der Waals surface area contributed by atoms with Crippen LogP contribution in [0.25, 0.3) is 0 Å². The number of thiocarbonyl (C=S) groups is 1. The van der Waals surface area contributed by atoms with Gasteiger partial charge < -0.3 is 5.73 Å². The van der Waals surface area contributed by atoms with E-state index < -0.39 is 51.1 Å².